The summed E-state index contributed by atoms with van der Waals surface area (Å²) in [6.07, 6.45) is -1.96. The van der Waals surface area contributed by atoms with Gasteiger partial charge in [-0.25, -0.2) is 14.8 Å². The lowest BCUT2D eigenvalue weighted by atomic mass is 10.0. The van der Waals surface area contributed by atoms with Gasteiger partial charge in [0.15, 0.2) is 5.65 Å². The number of aromatic nitrogens is 4. The van der Waals surface area contributed by atoms with Crippen molar-refractivity contribution in [2.75, 3.05) is 18.4 Å². The van der Waals surface area contributed by atoms with Crippen LogP contribution in [0.2, 0.25) is 0 Å². The summed E-state index contributed by atoms with van der Waals surface area (Å²) < 4.78 is 31.7. The van der Waals surface area contributed by atoms with Crippen molar-refractivity contribution in [2.45, 2.75) is 6.18 Å². The Bertz CT molecular complexity index is 712. The van der Waals surface area contributed by atoms with Gasteiger partial charge in [-0.3, -0.25) is 10.1 Å². The van der Waals surface area contributed by atoms with E-state index in [2.05, 4.69) is 30.6 Å². The molecule has 124 valence electrons. The molecule has 1 aliphatic heterocycles. The number of hydrogen-bond donors (Lipinski definition) is 4. The lowest BCUT2D eigenvalue weighted by molar-refractivity contribution is -0.192. The number of hydrogen-bond acceptors (Lipinski definition) is 6. The van der Waals surface area contributed by atoms with Crippen LogP contribution in [0, 0.1) is 5.92 Å². The second-order valence-electron chi connectivity index (χ2n) is 4.48. The topological polar surface area (TPSA) is 133 Å². The zero-order valence-electron chi connectivity index (χ0n) is 11.4. The first-order valence-electron chi connectivity index (χ1n) is 6.25. The van der Waals surface area contributed by atoms with E-state index in [1.165, 1.54) is 0 Å². The van der Waals surface area contributed by atoms with Gasteiger partial charge in [-0.2, -0.15) is 18.2 Å². The van der Waals surface area contributed by atoms with Crippen LogP contribution in [0.3, 0.4) is 0 Å². The van der Waals surface area contributed by atoms with Crippen LogP contribution in [0.25, 0.3) is 11.2 Å². The maximum atomic E-state index is 11.6. The summed E-state index contributed by atoms with van der Waals surface area (Å²) in [4.78, 5) is 35.5. The molecule has 2 aromatic heterocycles. The Morgan fingerprint density at radius 1 is 1.30 bits per heavy atom. The van der Waals surface area contributed by atoms with Crippen LogP contribution in [0.15, 0.2) is 12.5 Å². The Hall–Kier alpha value is -2.76. The third kappa shape index (κ3) is 4.35. The fraction of sp³-hybridized carbons (Fsp3) is 0.364. The number of carboxylic acid groups (broad SMARTS) is 1. The minimum atomic E-state index is -5.08. The number of aliphatic carboxylic acids is 1. The average molecular weight is 332 g/mol. The third-order valence-electron chi connectivity index (χ3n) is 2.80. The second kappa shape index (κ2) is 6.56. The number of fused-ring (bicyclic) bond motifs is 1. The molecule has 9 nitrogen and oxygen atoms in total. The molecule has 3 heterocycles. The molecule has 0 aromatic carbocycles. The predicted molar refractivity (Wildman–Crippen MR) is 70.4 cm³/mol. The predicted octanol–water partition coefficient (Wildman–Crippen LogP) is 0.144. The van der Waals surface area contributed by atoms with E-state index in [0.717, 1.165) is 13.1 Å². The van der Waals surface area contributed by atoms with Crippen molar-refractivity contribution < 1.29 is 27.9 Å². The molecular formula is C11H11F3N6O3. The molecule has 1 amide bonds. The first-order valence-corrected chi connectivity index (χ1v) is 6.25. The highest BCUT2D eigenvalue weighted by Crippen LogP contribution is 2.13. The van der Waals surface area contributed by atoms with Crippen LogP contribution in [0.1, 0.15) is 0 Å². The van der Waals surface area contributed by atoms with Gasteiger partial charge < -0.3 is 15.4 Å². The zero-order chi connectivity index (χ0) is 17.0. The Balaban J connectivity index is 0.000000236. The van der Waals surface area contributed by atoms with Crippen LogP contribution in [0.4, 0.5) is 19.1 Å². The van der Waals surface area contributed by atoms with Crippen molar-refractivity contribution >= 4 is 29.0 Å². The molecule has 0 spiro atoms. The number of halogens is 3. The number of carbonyl (C=O) groups excluding carboxylic acids is 1. The third-order valence-corrected chi connectivity index (χ3v) is 2.80. The molecule has 1 saturated heterocycles. The summed E-state index contributed by atoms with van der Waals surface area (Å²) in [7, 11) is 0. The van der Waals surface area contributed by atoms with E-state index in [-0.39, 0.29) is 11.8 Å². The molecule has 3 rings (SSSR count). The number of anilines is 1. The number of carbonyl (C=O) groups is 2. The quantitative estimate of drug-likeness (QED) is 0.615. The van der Waals surface area contributed by atoms with Gasteiger partial charge >= 0.3 is 12.1 Å². The molecule has 0 radical (unpaired) electrons. The van der Waals surface area contributed by atoms with Gasteiger partial charge in [0.2, 0.25) is 11.9 Å². The van der Waals surface area contributed by atoms with E-state index < -0.39 is 12.1 Å². The molecule has 0 saturated carbocycles. The number of nitrogens with one attached hydrogen (secondary N) is 3. The second-order valence-corrected chi connectivity index (χ2v) is 4.48. The number of amides is 1. The number of alkyl halides is 3. The van der Waals surface area contributed by atoms with Crippen molar-refractivity contribution in [1.29, 1.82) is 0 Å². The van der Waals surface area contributed by atoms with E-state index in [0.29, 0.717) is 17.1 Å². The van der Waals surface area contributed by atoms with E-state index in [9.17, 15) is 18.0 Å². The van der Waals surface area contributed by atoms with Crippen LogP contribution >= 0.6 is 0 Å². The van der Waals surface area contributed by atoms with Gasteiger partial charge in [0.05, 0.1) is 18.4 Å². The van der Waals surface area contributed by atoms with E-state index in [1.54, 1.807) is 12.5 Å². The highest BCUT2D eigenvalue weighted by atomic mass is 19.4. The summed E-state index contributed by atoms with van der Waals surface area (Å²) >= 11 is 0. The Labute approximate surface area is 126 Å². The average Bonchev–Trinajstić information content (AvgIpc) is 2.83. The Morgan fingerprint density at radius 2 is 1.96 bits per heavy atom. The molecule has 1 aliphatic rings. The Kier molecular flexibility index (Phi) is 4.74. The minimum absolute atomic E-state index is 0.0288. The van der Waals surface area contributed by atoms with E-state index in [1.807, 2.05) is 0 Å². The Morgan fingerprint density at radius 3 is 2.48 bits per heavy atom. The first kappa shape index (κ1) is 16.6. The van der Waals surface area contributed by atoms with Gasteiger partial charge in [-0.1, -0.05) is 0 Å². The maximum absolute atomic E-state index is 11.6. The number of imidazole rings is 1. The summed E-state index contributed by atoms with van der Waals surface area (Å²) in [5, 5.41) is 12.8. The van der Waals surface area contributed by atoms with Gasteiger partial charge in [-0.15, -0.1) is 0 Å². The number of carboxylic acids is 1. The molecule has 2 aromatic rings. The van der Waals surface area contributed by atoms with Gasteiger partial charge in [0, 0.05) is 13.1 Å². The highest BCUT2D eigenvalue weighted by Gasteiger charge is 2.38. The largest absolute Gasteiger partial charge is 0.490 e. The van der Waals surface area contributed by atoms with Crippen molar-refractivity contribution in [3.05, 3.63) is 12.5 Å². The molecule has 4 N–H and O–H groups in total. The molecule has 0 aliphatic carbocycles. The lowest BCUT2D eigenvalue weighted by Crippen LogP contribution is -2.48. The minimum Gasteiger partial charge on any atom is -0.475 e. The fourth-order valence-corrected chi connectivity index (χ4v) is 1.49. The van der Waals surface area contributed by atoms with Crippen LogP contribution < -0.4 is 10.6 Å². The molecule has 0 bridgehead atoms. The maximum Gasteiger partial charge on any atom is 0.490 e. The van der Waals surface area contributed by atoms with E-state index in [4.69, 9.17) is 9.90 Å². The molecule has 1 fully saturated rings. The molecule has 12 heteroatoms. The summed E-state index contributed by atoms with van der Waals surface area (Å²) in [6.45, 7) is 1.44. The smallest absolute Gasteiger partial charge is 0.475 e. The normalized spacial score (nSPS) is 14.6. The van der Waals surface area contributed by atoms with Gasteiger partial charge in [-0.05, 0) is 0 Å². The monoisotopic (exact) mass is 332 g/mol. The van der Waals surface area contributed by atoms with Crippen molar-refractivity contribution in [3.8, 4) is 0 Å². The summed E-state index contributed by atoms with van der Waals surface area (Å²) in [5.74, 6) is -2.46. The van der Waals surface area contributed by atoms with Crippen molar-refractivity contribution in [2.24, 2.45) is 5.92 Å². The lowest BCUT2D eigenvalue weighted by Gasteiger charge is -2.25. The number of nitrogens with zero attached hydrogens (tertiary/aromatic N) is 3. The number of rotatable bonds is 2. The van der Waals surface area contributed by atoms with Crippen LogP contribution in [0.5, 0.6) is 0 Å². The zero-order valence-corrected chi connectivity index (χ0v) is 11.4. The summed E-state index contributed by atoms with van der Waals surface area (Å²) in [5.41, 5.74) is 1.31. The standard InChI is InChI=1S/C9H10N6O.C2HF3O2/c16-8(5-1-10-2-5)15-9-11-3-6-7(14-9)13-4-12-6;3-2(4,5)1(6)7/h3-5,10H,1-2H2,(H2,11,12,13,14,15,16);(H,6,7). The van der Waals surface area contributed by atoms with E-state index >= 15 is 0 Å². The molecular weight excluding hydrogens is 321 g/mol. The van der Waals surface area contributed by atoms with Gasteiger partial charge in [0.1, 0.15) is 5.52 Å². The number of aromatic amines is 1. The molecule has 23 heavy (non-hydrogen) atoms. The number of H-pyrrole nitrogens is 1. The van der Waals surface area contributed by atoms with Gasteiger partial charge in [0.25, 0.3) is 0 Å². The van der Waals surface area contributed by atoms with Crippen LogP contribution in [-0.4, -0.2) is 56.2 Å². The first-order chi connectivity index (χ1) is 10.8. The van der Waals surface area contributed by atoms with Crippen molar-refractivity contribution in [3.63, 3.8) is 0 Å². The molecule has 0 unspecified atom stereocenters. The van der Waals surface area contributed by atoms with Crippen LogP contribution in [-0.2, 0) is 9.59 Å². The SMILES string of the molecule is O=C(Nc1ncc2nc[nH]c2n1)C1CNC1.O=C(O)C(F)(F)F. The fourth-order valence-electron chi connectivity index (χ4n) is 1.49. The summed E-state index contributed by atoms with van der Waals surface area (Å²) in [6, 6.07) is 0. The molecule has 0 atom stereocenters. The highest BCUT2D eigenvalue weighted by molar-refractivity contribution is 5.92. The van der Waals surface area contributed by atoms with Crippen molar-refractivity contribution in [1.82, 2.24) is 25.3 Å².